The Morgan fingerprint density at radius 1 is 1.30 bits per heavy atom. The number of carbonyl (C=O) groups is 2. The molecule has 1 N–H and O–H groups in total. The van der Waals surface area contributed by atoms with Gasteiger partial charge in [-0.2, -0.15) is 0 Å². The number of amides is 1. The van der Waals surface area contributed by atoms with Crippen molar-refractivity contribution >= 4 is 35.1 Å². The average molecular weight is 318 g/mol. The Morgan fingerprint density at radius 3 is 2.45 bits per heavy atom. The molecule has 0 aromatic heterocycles. The van der Waals surface area contributed by atoms with E-state index >= 15 is 0 Å². The van der Waals surface area contributed by atoms with E-state index in [1.165, 1.54) is 19.2 Å². The lowest BCUT2D eigenvalue weighted by Crippen LogP contribution is -2.42. The summed E-state index contributed by atoms with van der Waals surface area (Å²) in [6, 6.07) is 3.87. The highest BCUT2D eigenvalue weighted by molar-refractivity contribution is 6.36. The molecule has 1 aromatic rings. The maximum Gasteiger partial charge on any atom is 0.328 e. The number of benzene rings is 1. The molecule has 6 heteroatoms. The maximum absolute atomic E-state index is 12.1. The van der Waals surface area contributed by atoms with Crippen molar-refractivity contribution in [3.8, 4) is 0 Å². The number of hydrogen-bond acceptors (Lipinski definition) is 3. The molecular weight excluding hydrogens is 301 g/mol. The minimum absolute atomic E-state index is 0.236. The van der Waals surface area contributed by atoms with Gasteiger partial charge in [0.25, 0.3) is 5.91 Å². The monoisotopic (exact) mass is 317 g/mol. The maximum atomic E-state index is 12.1. The highest BCUT2D eigenvalue weighted by atomic mass is 35.5. The van der Waals surface area contributed by atoms with Gasteiger partial charge in [-0.15, -0.1) is 0 Å². The van der Waals surface area contributed by atoms with Gasteiger partial charge in [0, 0.05) is 5.02 Å². The summed E-state index contributed by atoms with van der Waals surface area (Å²) in [5, 5.41) is 3.32. The lowest BCUT2D eigenvalue weighted by molar-refractivity contribution is -0.143. The number of hydrogen-bond donors (Lipinski definition) is 1. The lowest BCUT2D eigenvalue weighted by Gasteiger charge is -2.18. The zero-order valence-corrected chi connectivity index (χ0v) is 13.1. The van der Waals surface area contributed by atoms with Gasteiger partial charge in [0.15, 0.2) is 0 Å². The Hall–Kier alpha value is -1.26. The number of esters is 1. The van der Waals surface area contributed by atoms with Crippen molar-refractivity contribution in [1.29, 1.82) is 0 Å². The molecule has 0 bridgehead atoms. The molecule has 1 rings (SSSR count). The fraction of sp³-hybridized carbons (Fsp3) is 0.429. The number of carbonyl (C=O) groups excluding carboxylic acids is 2. The first-order chi connectivity index (χ1) is 9.35. The largest absolute Gasteiger partial charge is 0.467 e. The van der Waals surface area contributed by atoms with Gasteiger partial charge in [-0.05, 0) is 30.5 Å². The molecule has 1 unspecified atom stereocenters. The Labute approximate surface area is 128 Å². The summed E-state index contributed by atoms with van der Waals surface area (Å²) in [7, 11) is 1.29. The molecule has 1 atom stereocenters. The number of methoxy groups -OCH3 is 1. The van der Waals surface area contributed by atoms with Crippen LogP contribution in [0.1, 0.15) is 30.6 Å². The molecule has 0 aliphatic rings. The summed E-state index contributed by atoms with van der Waals surface area (Å²) >= 11 is 11.7. The molecule has 1 amide bonds. The zero-order chi connectivity index (χ0) is 15.3. The van der Waals surface area contributed by atoms with Gasteiger partial charge in [0.1, 0.15) is 6.04 Å². The SMILES string of the molecule is COC(=O)C(CC(C)C)NC(=O)c1ccc(Cl)cc1Cl. The molecule has 0 radical (unpaired) electrons. The van der Waals surface area contributed by atoms with E-state index in [2.05, 4.69) is 5.32 Å². The van der Waals surface area contributed by atoms with Gasteiger partial charge in [-0.1, -0.05) is 37.0 Å². The van der Waals surface area contributed by atoms with Crippen LogP contribution >= 0.6 is 23.2 Å². The van der Waals surface area contributed by atoms with Crippen LogP contribution in [-0.4, -0.2) is 25.0 Å². The third-order valence-electron chi connectivity index (χ3n) is 2.67. The van der Waals surface area contributed by atoms with E-state index in [1.54, 1.807) is 6.07 Å². The third kappa shape index (κ3) is 4.69. The first-order valence-corrected chi connectivity index (χ1v) is 6.94. The molecule has 110 valence electrons. The summed E-state index contributed by atoms with van der Waals surface area (Å²) < 4.78 is 4.69. The van der Waals surface area contributed by atoms with E-state index in [-0.39, 0.29) is 16.5 Å². The second kappa shape index (κ2) is 7.50. The van der Waals surface area contributed by atoms with Gasteiger partial charge < -0.3 is 10.1 Å². The molecule has 0 aliphatic heterocycles. The van der Waals surface area contributed by atoms with Gasteiger partial charge in [-0.3, -0.25) is 4.79 Å². The van der Waals surface area contributed by atoms with Crippen molar-refractivity contribution in [3.63, 3.8) is 0 Å². The second-order valence-electron chi connectivity index (χ2n) is 4.80. The van der Waals surface area contributed by atoms with E-state index < -0.39 is 17.9 Å². The molecule has 4 nitrogen and oxygen atoms in total. The van der Waals surface area contributed by atoms with Crippen molar-refractivity contribution in [2.45, 2.75) is 26.3 Å². The van der Waals surface area contributed by atoms with Crippen molar-refractivity contribution in [2.75, 3.05) is 7.11 Å². The van der Waals surface area contributed by atoms with Crippen LogP contribution in [0.25, 0.3) is 0 Å². The molecular formula is C14H17Cl2NO3. The van der Waals surface area contributed by atoms with Gasteiger partial charge in [0.2, 0.25) is 0 Å². The van der Waals surface area contributed by atoms with E-state index in [1.807, 2.05) is 13.8 Å². The molecule has 0 heterocycles. The van der Waals surface area contributed by atoms with Crippen LogP contribution in [-0.2, 0) is 9.53 Å². The molecule has 20 heavy (non-hydrogen) atoms. The molecule has 0 spiro atoms. The van der Waals surface area contributed by atoms with E-state index in [4.69, 9.17) is 27.9 Å². The lowest BCUT2D eigenvalue weighted by atomic mass is 10.0. The summed E-state index contributed by atoms with van der Waals surface area (Å²) in [5.41, 5.74) is 0.272. The standard InChI is InChI=1S/C14H17Cl2NO3/c1-8(2)6-12(14(19)20-3)17-13(18)10-5-4-9(15)7-11(10)16/h4-5,7-8,12H,6H2,1-3H3,(H,17,18). The molecule has 0 fully saturated rings. The fourth-order valence-corrected chi connectivity index (χ4v) is 2.23. The smallest absolute Gasteiger partial charge is 0.328 e. The van der Waals surface area contributed by atoms with Crippen LogP contribution in [0, 0.1) is 5.92 Å². The van der Waals surface area contributed by atoms with Gasteiger partial charge in [0.05, 0.1) is 17.7 Å². The van der Waals surface area contributed by atoms with E-state index in [0.29, 0.717) is 11.4 Å². The van der Waals surface area contributed by atoms with Crippen LogP contribution in [0.2, 0.25) is 10.0 Å². The molecule has 0 aliphatic carbocycles. The van der Waals surface area contributed by atoms with Crippen LogP contribution in [0.3, 0.4) is 0 Å². The first kappa shape index (κ1) is 16.8. The predicted molar refractivity (Wildman–Crippen MR) is 79.2 cm³/mol. The molecule has 1 aromatic carbocycles. The Morgan fingerprint density at radius 2 is 1.95 bits per heavy atom. The summed E-state index contributed by atoms with van der Waals surface area (Å²) in [6.07, 6.45) is 0.490. The summed E-state index contributed by atoms with van der Waals surface area (Å²) in [4.78, 5) is 23.8. The Balaban J connectivity index is 2.87. The van der Waals surface area contributed by atoms with E-state index in [9.17, 15) is 9.59 Å². The van der Waals surface area contributed by atoms with Crippen molar-refractivity contribution in [3.05, 3.63) is 33.8 Å². The normalized spacial score (nSPS) is 12.1. The minimum Gasteiger partial charge on any atom is -0.467 e. The second-order valence-corrected chi connectivity index (χ2v) is 5.65. The topological polar surface area (TPSA) is 55.4 Å². The summed E-state index contributed by atoms with van der Waals surface area (Å²) in [6.45, 7) is 3.91. The number of nitrogens with one attached hydrogen (secondary N) is 1. The van der Waals surface area contributed by atoms with Crippen LogP contribution in [0.5, 0.6) is 0 Å². The Kier molecular flexibility index (Phi) is 6.30. The van der Waals surface area contributed by atoms with Gasteiger partial charge >= 0.3 is 5.97 Å². The first-order valence-electron chi connectivity index (χ1n) is 6.19. The average Bonchev–Trinajstić information content (AvgIpc) is 2.36. The molecule has 0 saturated carbocycles. The number of ether oxygens (including phenoxy) is 1. The fourth-order valence-electron chi connectivity index (χ4n) is 1.74. The zero-order valence-electron chi connectivity index (χ0n) is 11.6. The highest BCUT2D eigenvalue weighted by Crippen LogP contribution is 2.21. The van der Waals surface area contributed by atoms with Crippen LogP contribution in [0.15, 0.2) is 18.2 Å². The Bertz CT molecular complexity index is 503. The van der Waals surface area contributed by atoms with E-state index in [0.717, 1.165) is 0 Å². The van der Waals surface area contributed by atoms with Crippen molar-refractivity contribution < 1.29 is 14.3 Å². The van der Waals surface area contributed by atoms with Crippen LogP contribution < -0.4 is 5.32 Å². The predicted octanol–water partition coefficient (Wildman–Crippen LogP) is 3.31. The third-order valence-corrected chi connectivity index (χ3v) is 3.22. The van der Waals surface area contributed by atoms with Crippen molar-refractivity contribution in [2.24, 2.45) is 5.92 Å². The number of halogens is 2. The minimum atomic E-state index is -0.695. The van der Waals surface area contributed by atoms with Gasteiger partial charge in [-0.25, -0.2) is 4.79 Å². The van der Waals surface area contributed by atoms with Crippen molar-refractivity contribution in [1.82, 2.24) is 5.32 Å². The summed E-state index contributed by atoms with van der Waals surface area (Å²) in [5.74, 6) is -0.667. The molecule has 0 saturated heterocycles. The number of rotatable bonds is 5. The highest BCUT2D eigenvalue weighted by Gasteiger charge is 2.24. The van der Waals surface area contributed by atoms with Crippen LogP contribution in [0.4, 0.5) is 0 Å². The quantitative estimate of drug-likeness (QED) is 0.848.